The molecular weight excluding hydrogens is 140 g/mol. The minimum absolute atomic E-state index is 0.422. The van der Waals surface area contributed by atoms with Gasteiger partial charge in [0.05, 0.1) is 6.54 Å². The Labute approximate surface area is 63.7 Å². The third-order valence-electron chi connectivity index (χ3n) is 1.57. The Kier molecular flexibility index (Phi) is 1.33. The summed E-state index contributed by atoms with van der Waals surface area (Å²) in [6, 6.07) is 5.74. The third kappa shape index (κ3) is 0.877. The molecule has 2 aromatic heterocycles. The molecule has 0 aliphatic rings. The fourth-order valence-corrected chi connectivity index (χ4v) is 1.03. The molecule has 4 nitrogen and oxygen atoms in total. The lowest BCUT2D eigenvalue weighted by Gasteiger charge is -1.92. The monoisotopic (exact) mass is 148 g/mol. The second-order valence-electron chi connectivity index (χ2n) is 2.25. The van der Waals surface area contributed by atoms with Crippen molar-refractivity contribution >= 4 is 5.65 Å². The van der Waals surface area contributed by atoms with E-state index >= 15 is 0 Å². The smallest absolute Gasteiger partial charge is 0.160 e. The lowest BCUT2D eigenvalue weighted by molar-refractivity contribution is 0.883. The summed E-state index contributed by atoms with van der Waals surface area (Å²) in [5, 5.41) is 7.82. The molecule has 0 aliphatic carbocycles. The summed E-state index contributed by atoms with van der Waals surface area (Å²) < 4.78 is 1.88. The molecule has 0 spiro atoms. The van der Waals surface area contributed by atoms with Crippen LogP contribution in [0.15, 0.2) is 24.4 Å². The lowest BCUT2D eigenvalue weighted by Crippen LogP contribution is -2.01. The van der Waals surface area contributed by atoms with Gasteiger partial charge in [0.1, 0.15) is 0 Å². The predicted octanol–water partition coefficient (Wildman–Crippen LogP) is 0.188. The molecule has 2 rings (SSSR count). The molecule has 2 aromatic rings. The van der Waals surface area contributed by atoms with Gasteiger partial charge in [0.2, 0.25) is 0 Å². The van der Waals surface area contributed by atoms with Crippen LogP contribution in [-0.2, 0) is 6.54 Å². The van der Waals surface area contributed by atoms with Gasteiger partial charge in [-0.2, -0.15) is 0 Å². The quantitative estimate of drug-likeness (QED) is 0.628. The summed E-state index contributed by atoms with van der Waals surface area (Å²) in [5.74, 6) is 0.792. The molecule has 0 saturated carbocycles. The first-order valence-electron chi connectivity index (χ1n) is 3.40. The maximum Gasteiger partial charge on any atom is 0.160 e. The molecule has 0 aliphatic heterocycles. The van der Waals surface area contributed by atoms with Crippen molar-refractivity contribution in [3.8, 4) is 0 Å². The largest absolute Gasteiger partial charge is 0.324 e. The van der Waals surface area contributed by atoms with E-state index in [9.17, 15) is 0 Å². The zero-order valence-corrected chi connectivity index (χ0v) is 5.94. The van der Waals surface area contributed by atoms with Gasteiger partial charge in [-0.1, -0.05) is 6.07 Å². The molecule has 0 radical (unpaired) electrons. The molecule has 0 fully saturated rings. The highest BCUT2D eigenvalue weighted by atomic mass is 15.2. The van der Waals surface area contributed by atoms with Crippen LogP contribution in [0.2, 0.25) is 0 Å². The Bertz CT molecular complexity index is 365. The van der Waals surface area contributed by atoms with Gasteiger partial charge in [-0.25, -0.2) is 0 Å². The van der Waals surface area contributed by atoms with Crippen LogP contribution in [0, 0.1) is 0 Å². The van der Waals surface area contributed by atoms with Crippen molar-refractivity contribution in [1.82, 2.24) is 14.6 Å². The SMILES string of the molecule is NCc1nnc2ccccn12. The van der Waals surface area contributed by atoms with E-state index in [1.807, 2.05) is 28.8 Å². The van der Waals surface area contributed by atoms with E-state index in [0.717, 1.165) is 11.5 Å². The predicted molar refractivity (Wildman–Crippen MR) is 40.9 cm³/mol. The highest BCUT2D eigenvalue weighted by Crippen LogP contribution is 2.00. The van der Waals surface area contributed by atoms with E-state index in [2.05, 4.69) is 10.2 Å². The van der Waals surface area contributed by atoms with Gasteiger partial charge in [-0.15, -0.1) is 10.2 Å². The van der Waals surface area contributed by atoms with E-state index < -0.39 is 0 Å². The van der Waals surface area contributed by atoms with Crippen LogP contribution in [0.3, 0.4) is 0 Å². The van der Waals surface area contributed by atoms with Gasteiger partial charge in [-0.3, -0.25) is 4.40 Å². The van der Waals surface area contributed by atoms with Crippen LogP contribution in [0.4, 0.5) is 0 Å². The molecule has 0 atom stereocenters. The average molecular weight is 148 g/mol. The number of pyridine rings is 1. The van der Waals surface area contributed by atoms with Crippen LogP contribution < -0.4 is 5.73 Å². The first kappa shape index (κ1) is 6.30. The number of nitrogens with two attached hydrogens (primary N) is 1. The summed E-state index contributed by atoms with van der Waals surface area (Å²) in [6.45, 7) is 0.422. The third-order valence-corrected chi connectivity index (χ3v) is 1.57. The molecule has 11 heavy (non-hydrogen) atoms. The van der Waals surface area contributed by atoms with Crippen molar-refractivity contribution in [2.45, 2.75) is 6.54 Å². The summed E-state index contributed by atoms with van der Waals surface area (Å²) in [7, 11) is 0. The van der Waals surface area contributed by atoms with Crippen molar-refractivity contribution in [3.05, 3.63) is 30.2 Å². The fourth-order valence-electron chi connectivity index (χ4n) is 1.03. The Morgan fingerprint density at radius 3 is 3.09 bits per heavy atom. The number of hydrogen-bond donors (Lipinski definition) is 1. The van der Waals surface area contributed by atoms with Crippen LogP contribution in [0.25, 0.3) is 5.65 Å². The van der Waals surface area contributed by atoms with Crippen LogP contribution in [0.5, 0.6) is 0 Å². The summed E-state index contributed by atoms with van der Waals surface area (Å²) in [6.07, 6.45) is 1.90. The van der Waals surface area contributed by atoms with E-state index in [0.29, 0.717) is 6.54 Å². The van der Waals surface area contributed by atoms with Crippen molar-refractivity contribution in [3.63, 3.8) is 0 Å². The van der Waals surface area contributed by atoms with E-state index in [4.69, 9.17) is 5.73 Å². The van der Waals surface area contributed by atoms with Gasteiger partial charge >= 0.3 is 0 Å². The minimum atomic E-state index is 0.422. The van der Waals surface area contributed by atoms with Crippen LogP contribution >= 0.6 is 0 Å². The topological polar surface area (TPSA) is 56.2 Å². The molecule has 0 saturated heterocycles. The molecule has 0 unspecified atom stereocenters. The number of nitrogens with zero attached hydrogens (tertiary/aromatic N) is 3. The molecule has 0 amide bonds. The van der Waals surface area contributed by atoms with E-state index in [-0.39, 0.29) is 0 Å². The van der Waals surface area contributed by atoms with Crippen molar-refractivity contribution in [2.24, 2.45) is 5.73 Å². The standard InChI is InChI=1S/C7H8N4/c8-5-7-10-9-6-3-1-2-4-11(6)7/h1-4H,5,8H2. The summed E-state index contributed by atoms with van der Waals surface area (Å²) in [4.78, 5) is 0. The second kappa shape index (κ2) is 2.32. The zero-order valence-electron chi connectivity index (χ0n) is 5.94. The molecule has 56 valence electrons. The minimum Gasteiger partial charge on any atom is -0.324 e. The Morgan fingerprint density at radius 1 is 1.36 bits per heavy atom. The van der Waals surface area contributed by atoms with Crippen molar-refractivity contribution in [1.29, 1.82) is 0 Å². The van der Waals surface area contributed by atoms with Crippen LogP contribution in [-0.4, -0.2) is 14.6 Å². The number of aromatic nitrogens is 3. The Balaban J connectivity index is 2.76. The fraction of sp³-hybridized carbons (Fsp3) is 0.143. The van der Waals surface area contributed by atoms with Gasteiger partial charge in [0.25, 0.3) is 0 Å². The molecule has 0 aromatic carbocycles. The van der Waals surface area contributed by atoms with Gasteiger partial charge < -0.3 is 5.73 Å². The highest BCUT2D eigenvalue weighted by molar-refractivity contribution is 5.36. The lowest BCUT2D eigenvalue weighted by atomic mass is 10.5. The Hall–Kier alpha value is -1.42. The van der Waals surface area contributed by atoms with Crippen molar-refractivity contribution in [2.75, 3.05) is 0 Å². The first-order chi connectivity index (χ1) is 5.42. The maximum absolute atomic E-state index is 5.44. The first-order valence-corrected chi connectivity index (χ1v) is 3.40. The molecule has 2 N–H and O–H groups in total. The zero-order chi connectivity index (χ0) is 7.68. The summed E-state index contributed by atoms with van der Waals surface area (Å²) in [5.41, 5.74) is 6.28. The van der Waals surface area contributed by atoms with E-state index in [1.54, 1.807) is 0 Å². The molecular formula is C7H8N4. The normalized spacial score (nSPS) is 10.6. The molecule has 2 heterocycles. The number of fused-ring (bicyclic) bond motifs is 1. The van der Waals surface area contributed by atoms with E-state index in [1.165, 1.54) is 0 Å². The van der Waals surface area contributed by atoms with Crippen molar-refractivity contribution < 1.29 is 0 Å². The highest BCUT2D eigenvalue weighted by Gasteiger charge is 1.99. The van der Waals surface area contributed by atoms with Gasteiger partial charge in [0.15, 0.2) is 11.5 Å². The second-order valence-corrected chi connectivity index (χ2v) is 2.25. The maximum atomic E-state index is 5.44. The van der Waals surface area contributed by atoms with Gasteiger partial charge in [0, 0.05) is 6.20 Å². The number of rotatable bonds is 1. The van der Waals surface area contributed by atoms with Gasteiger partial charge in [-0.05, 0) is 12.1 Å². The number of hydrogen-bond acceptors (Lipinski definition) is 3. The molecule has 0 bridgehead atoms. The van der Waals surface area contributed by atoms with Crippen LogP contribution in [0.1, 0.15) is 5.82 Å². The summed E-state index contributed by atoms with van der Waals surface area (Å²) >= 11 is 0. The Morgan fingerprint density at radius 2 is 2.27 bits per heavy atom. The molecule has 4 heteroatoms. The average Bonchev–Trinajstić information content (AvgIpc) is 2.47.